The number of rotatable bonds is 3. The van der Waals surface area contributed by atoms with Gasteiger partial charge in [-0.25, -0.2) is 0 Å². The van der Waals surface area contributed by atoms with Gasteiger partial charge in [0.05, 0.1) is 12.2 Å². The number of piperazine rings is 1. The largest absolute Gasteiger partial charge is 0.374 e. The average molecular weight is 268 g/mol. The van der Waals surface area contributed by atoms with E-state index in [-0.39, 0.29) is 0 Å². The second-order valence-corrected chi connectivity index (χ2v) is 7.49. The topological polar surface area (TPSA) is 24.5 Å². The lowest BCUT2D eigenvalue weighted by atomic mass is 9.84. The van der Waals surface area contributed by atoms with Gasteiger partial charge in [-0.05, 0) is 31.6 Å². The number of hydrogen-bond donors (Lipinski definition) is 1. The molecule has 4 unspecified atom stereocenters. The van der Waals surface area contributed by atoms with E-state index < -0.39 is 0 Å². The molecular formula is C16H32N2O. The van der Waals surface area contributed by atoms with E-state index in [0.717, 1.165) is 19.6 Å². The molecule has 2 saturated heterocycles. The molecule has 2 fully saturated rings. The fourth-order valence-electron chi connectivity index (χ4n) is 3.34. The van der Waals surface area contributed by atoms with Gasteiger partial charge in [-0.3, -0.25) is 4.90 Å². The number of hydrogen-bond acceptors (Lipinski definition) is 3. The van der Waals surface area contributed by atoms with Crippen LogP contribution in [0.3, 0.4) is 0 Å². The Labute approximate surface area is 119 Å². The lowest BCUT2D eigenvalue weighted by Crippen LogP contribution is -2.61. The molecule has 0 radical (unpaired) electrons. The molecule has 0 aromatic carbocycles. The van der Waals surface area contributed by atoms with Crippen LogP contribution in [0.15, 0.2) is 0 Å². The molecule has 19 heavy (non-hydrogen) atoms. The number of ether oxygens (including phenoxy) is 1. The fourth-order valence-corrected chi connectivity index (χ4v) is 3.34. The van der Waals surface area contributed by atoms with Crippen LogP contribution in [0.4, 0.5) is 0 Å². The van der Waals surface area contributed by atoms with Crippen molar-refractivity contribution < 1.29 is 4.74 Å². The summed E-state index contributed by atoms with van der Waals surface area (Å²) in [5.74, 6) is 0. The Balaban J connectivity index is 1.94. The van der Waals surface area contributed by atoms with Crippen LogP contribution in [0.1, 0.15) is 53.9 Å². The van der Waals surface area contributed by atoms with Crippen LogP contribution < -0.4 is 5.32 Å². The molecule has 2 heterocycles. The summed E-state index contributed by atoms with van der Waals surface area (Å²) >= 11 is 0. The van der Waals surface area contributed by atoms with E-state index in [0.29, 0.717) is 29.7 Å². The monoisotopic (exact) mass is 268 g/mol. The normalized spacial score (nSPS) is 37.7. The van der Waals surface area contributed by atoms with E-state index >= 15 is 0 Å². The summed E-state index contributed by atoms with van der Waals surface area (Å²) < 4.78 is 6.02. The van der Waals surface area contributed by atoms with Gasteiger partial charge in [-0.2, -0.15) is 0 Å². The minimum atomic E-state index is 0.334. The van der Waals surface area contributed by atoms with E-state index in [2.05, 4.69) is 44.8 Å². The van der Waals surface area contributed by atoms with Gasteiger partial charge in [0.1, 0.15) is 0 Å². The third kappa shape index (κ3) is 3.93. The molecule has 2 rings (SSSR count). The minimum absolute atomic E-state index is 0.334. The van der Waals surface area contributed by atoms with Crippen LogP contribution >= 0.6 is 0 Å². The molecule has 0 spiro atoms. The zero-order chi connectivity index (χ0) is 14.0. The highest BCUT2D eigenvalue weighted by molar-refractivity contribution is 4.92. The maximum Gasteiger partial charge on any atom is 0.0706 e. The maximum absolute atomic E-state index is 6.02. The summed E-state index contributed by atoms with van der Waals surface area (Å²) in [5, 5.41) is 3.74. The standard InChI is InChI=1S/C16H32N2O/c1-6-13-9-17-15(16(3,4)5)11-18(13)10-14-8-7-12(2)19-14/h12-15,17H,6-11H2,1-5H3. The Morgan fingerprint density at radius 2 is 2.00 bits per heavy atom. The molecular weight excluding hydrogens is 236 g/mol. The zero-order valence-electron chi connectivity index (χ0n) is 13.4. The number of nitrogens with one attached hydrogen (secondary N) is 1. The second kappa shape index (κ2) is 6.11. The van der Waals surface area contributed by atoms with Crippen LogP contribution in [0, 0.1) is 5.41 Å². The van der Waals surface area contributed by atoms with Gasteiger partial charge < -0.3 is 10.1 Å². The van der Waals surface area contributed by atoms with Gasteiger partial charge in [0, 0.05) is 31.7 Å². The molecule has 0 amide bonds. The molecule has 1 N–H and O–H groups in total. The lowest BCUT2D eigenvalue weighted by molar-refractivity contribution is 0.00155. The summed E-state index contributed by atoms with van der Waals surface area (Å²) in [4.78, 5) is 2.68. The van der Waals surface area contributed by atoms with Crippen molar-refractivity contribution in [3.8, 4) is 0 Å². The summed E-state index contributed by atoms with van der Waals surface area (Å²) in [6.07, 6.45) is 4.62. The zero-order valence-corrected chi connectivity index (χ0v) is 13.4. The molecule has 0 saturated carbocycles. The van der Waals surface area contributed by atoms with Crippen molar-refractivity contribution in [2.24, 2.45) is 5.41 Å². The van der Waals surface area contributed by atoms with Crippen molar-refractivity contribution in [3.05, 3.63) is 0 Å². The quantitative estimate of drug-likeness (QED) is 0.851. The molecule has 3 heteroatoms. The van der Waals surface area contributed by atoms with Crippen molar-refractivity contribution >= 4 is 0 Å². The van der Waals surface area contributed by atoms with Crippen LogP contribution in [0.5, 0.6) is 0 Å². The molecule has 0 aromatic heterocycles. The highest BCUT2D eigenvalue weighted by Crippen LogP contribution is 2.26. The van der Waals surface area contributed by atoms with Crippen LogP contribution in [-0.2, 0) is 4.74 Å². The van der Waals surface area contributed by atoms with Crippen molar-refractivity contribution in [1.29, 1.82) is 0 Å². The van der Waals surface area contributed by atoms with E-state index in [4.69, 9.17) is 4.74 Å². The van der Waals surface area contributed by atoms with Crippen molar-refractivity contribution in [2.45, 2.75) is 78.2 Å². The van der Waals surface area contributed by atoms with Crippen LogP contribution in [-0.4, -0.2) is 48.8 Å². The van der Waals surface area contributed by atoms with Crippen LogP contribution in [0.2, 0.25) is 0 Å². The predicted octanol–water partition coefficient (Wildman–Crippen LogP) is 2.65. The Kier molecular flexibility index (Phi) is 4.91. The first-order valence-corrected chi connectivity index (χ1v) is 8.03. The Bertz CT molecular complexity index is 287. The van der Waals surface area contributed by atoms with Crippen molar-refractivity contribution in [2.75, 3.05) is 19.6 Å². The number of nitrogens with zero attached hydrogens (tertiary/aromatic N) is 1. The van der Waals surface area contributed by atoms with Crippen molar-refractivity contribution in [3.63, 3.8) is 0 Å². The molecule has 4 atom stereocenters. The highest BCUT2D eigenvalue weighted by atomic mass is 16.5. The Morgan fingerprint density at radius 3 is 2.53 bits per heavy atom. The minimum Gasteiger partial charge on any atom is -0.374 e. The van der Waals surface area contributed by atoms with Gasteiger partial charge >= 0.3 is 0 Å². The smallest absolute Gasteiger partial charge is 0.0706 e. The molecule has 0 bridgehead atoms. The molecule has 0 aliphatic carbocycles. The van der Waals surface area contributed by atoms with E-state index in [1.165, 1.54) is 19.3 Å². The molecule has 2 aliphatic rings. The third-order valence-electron chi connectivity index (χ3n) is 4.81. The first-order chi connectivity index (χ1) is 8.90. The summed E-state index contributed by atoms with van der Waals surface area (Å²) in [6, 6.07) is 1.27. The first kappa shape index (κ1) is 15.3. The molecule has 3 nitrogen and oxygen atoms in total. The van der Waals surface area contributed by atoms with Crippen molar-refractivity contribution in [1.82, 2.24) is 10.2 Å². The average Bonchev–Trinajstić information content (AvgIpc) is 2.73. The van der Waals surface area contributed by atoms with Gasteiger partial charge in [0.25, 0.3) is 0 Å². The van der Waals surface area contributed by atoms with Gasteiger partial charge in [0.15, 0.2) is 0 Å². The first-order valence-electron chi connectivity index (χ1n) is 8.03. The molecule has 2 aliphatic heterocycles. The summed E-state index contributed by atoms with van der Waals surface area (Å²) in [6.45, 7) is 14.9. The van der Waals surface area contributed by atoms with E-state index in [1.54, 1.807) is 0 Å². The molecule has 112 valence electrons. The highest BCUT2D eigenvalue weighted by Gasteiger charge is 2.35. The van der Waals surface area contributed by atoms with E-state index in [9.17, 15) is 0 Å². The second-order valence-electron chi connectivity index (χ2n) is 7.49. The van der Waals surface area contributed by atoms with Gasteiger partial charge in [-0.15, -0.1) is 0 Å². The SMILES string of the molecule is CCC1CNC(C(C)(C)C)CN1CC1CCC(C)O1. The van der Waals surface area contributed by atoms with Gasteiger partial charge in [-0.1, -0.05) is 27.7 Å². The van der Waals surface area contributed by atoms with Crippen LogP contribution in [0.25, 0.3) is 0 Å². The Hall–Kier alpha value is -0.120. The third-order valence-corrected chi connectivity index (χ3v) is 4.81. The Morgan fingerprint density at radius 1 is 1.26 bits per heavy atom. The molecule has 0 aromatic rings. The van der Waals surface area contributed by atoms with E-state index in [1.807, 2.05) is 0 Å². The summed E-state index contributed by atoms with van der Waals surface area (Å²) in [5.41, 5.74) is 0.334. The van der Waals surface area contributed by atoms with Gasteiger partial charge in [0.2, 0.25) is 0 Å². The lowest BCUT2D eigenvalue weighted by Gasteiger charge is -2.45. The fraction of sp³-hybridized carbons (Fsp3) is 1.00. The summed E-state index contributed by atoms with van der Waals surface area (Å²) in [7, 11) is 0. The predicted molar refractivity (Wildman–Crippen MR) is 80.5 cm³/mol. The maximum atomic E-state index is 6.02.